The lowest BCUT2D eigenvalue weighted by Gasteiger charge is -2.17. The molecule has 0 amide bonds. The molecular formula is C62H36N10. The van der Waals surface area contributed by atoms with Gasteiger partial charge in [-0.3, -0.25) is 19.9 Å². The van der Waals surface area contributed by atoms with Crippen LogP contribution in [0.2, 0.25) is 0 Å². The summed E-state index contributed by atoms with van der Waals surface area (Å²) in [5.41, 5.74) is 10.5. The van der Waals surface area contributed by atoms with Crippen LogP contribution >= 0.6 is 0 Å². The first-order chi connectivity index (χ1) is 35.7. The molecule has 0 bridgehead atoms. The van der Waals surface area contributed by atoms with Gasteiger partial charge in [-0.05, 0) is 92.5 Å². The summed E-state index contributed by atoms with van der Waals surface area (Å²) >= 11 is 0. The SMILES string of the molecule is c1ccc(-c2ccc(-c3nc(-c4ccc5ccc6c(-c7nc(-c8ccc(-c9ccccn9)cc8)nc(-c8cccc9cccnc89)n7)ccc7ccc4c5c76)nc(-c4cccc5cccnc45)n3)nc2)cc1. The van der Waals surface area contributed by atoms with Crippen molar-refractivity contribution >= 4 is 54.1 Å². The Bertz CT molecular complexity index is 4080. The van der Waals surface area contributed by atoms with E-state index in [-0.39, 0.29) is 0 Å². The molecule has 0 N–H and O–H groups in total. The number of benzene rings is 8. The quantitative estimate of drug-likeness (QED) is 0.136. The van der Waals surface area contributed by atoms with E-state index in [0.717, 1.165) is 104 Å². The summed E-state index contributed by atoms with van der Waals surface area (Å²) in [4.78, 5) is 50.3. The van der Waals surface area contributed by atoms with Crippen LogP contribution in [0.1, 0.15) is 0 Å². The first kappa shape index (κ1) is 41.0. The third-order valence-electron chi connectivity index (χ3n) is 13.4. The molecule has 10 nitrogen and oxygen atoms in total. The maximum Gasteiger partial charge on any atom is 0.182 e. The minimum atomic E-state index is 0.463. The highest BCUT2D eigenvalue weighted by Crippen LogP contribution is 2.43. The van der Waals surface area contributed by atoms with Crippen molar-refractivity contribution in [2.75, 3.05) is 0 Å². The van der Waals surface area contributed by atoms with Crippen molar-refractivity contribution in [2.45, 2.75) is 0 Å². The molecule has 10 heteroatoms. The van der Waals surface area contributed by atoms with Gasteiger partial charge in [-0.2, -0.15) is 0 Å². The van der Waals surface area contributed by atoms with Gasteiger partial charge < -0.3 is 0 Å². The van der Waals surface area contributed by atoms with Gasteiger partial charge in [0.1, 0.15) is 5.69 Å². The minimum Gasteiger partial charge on any atom is -0.256 e. The minimum absolute atomic E-state index is 0.463. The zero-order valence-corrected chi connectivity index (χ0v) is 38.3. The van der Waals surface area contributed by atoms with Gasteiger partial charge >= 0.3 is 0 Å². The van der Waals surface area contributed by atoms with Crippen molar-refractivity contribution in [3.8, 4) is 90.8 Å². The zero-order valence-electron chi connectivity index (χ0n) is 38.3. The predicted octanol–water partition coefficient (Wildman–Crippen LogP) is 14.2. The van der Waals surface area contributed by atoms with Crippen LogP contribution in [0.3, 0.4) is 0 Å². The highest BCUT2D eigenvalue weighted by molar-refractivity contribution is 6.27. The number of rotatable bonds is 8. The van der Waals surface area contributed by atoms with E-state index in [1.807, 2.05) is 97.2 Å². The zero-order chi connectivity index (χ0) is 47.5. The van der Waals surface area contributed by atoms with Crippen molar-refractivity contribution in [1.82, 2.24) is 49.8 Å². The van der Waals surface area contributed by atoms with Crippen LogP contribution in [0.15, 0.2) is 219 Å². The summed E-state index contributed by atoms with van der Waals surface area (Å²) in [6, 6.07) is 65.8. The van der Waals surface area contributed by atoms with Crippen LogP contribution in [-0.2, 0) is 0 Å². The number of fused-ring (bicyclic) bond motifs is 2. The van der Waals surface area contributed by atoms with Crippen LogP contribution in [0.25, 0.3) is 145 Å². The Morgan fingerprint density at radius 2 is 0.736 bits per heavy atom. The van der Waals surface area contributed by atoms with Gasteiger partial charge in [0.15, 0.2) is 34.9 Å². The van der Waals surface area contributed by atoms with Gasteiger partial charge in [-0.15, -0.1) is 0 Å². The Labute approximate surface area is 411 Å². The lowest BCUT2D eigenvalue weighted by molar-refractivity contribution is 1.06. The van der Waals surface area contributed by atoms with Crippen molar-refractivity contribution in [1.29, 1.82) is 0 Å². The van der Waals surface area contributed by atoms with E-state index in [1.165, 1.54) is 0 Å². The second-order valence-electron chi connectivity index (χ2n) is 17.6. The van der Waals surface area contributed by atoms with Crippen molar-refractivity contribution in [3.63, 3.8) is 0 Å². The molecular weight excluding hydrogens is 885 g/mol. The van der Waals surface area contributed by atoms with E-state index >= 15 is 0 Å². The largest absolute Gasteiger partial charge is 0.256 e. The number of hydrogen-bond donors (Lipinski definition) is 0. The Hall–Kier alpha value is -10.1. The molecule has 0 fully saturated rings. The number of nitrogens with zero attached hydrogens (tertiary/aromatic N) is 10. The Morgan fingerprint density at radius 3 is 1.31 bits per heavy atom. The fraction of sp³-hybridized carbons (Fsp3) is 0. The first-order valence-electron chi connectivity index (χ1n) is 23.6. The normalized spacial score (nSPS) is 11.6. The summed E-state index contributed by atoms with van der Waals surface area (Å²) in [7, 11) is 0. The molecule has 0 unspecified atom stereocenters. The van der Waals surface area contributed by atoms with Crippen LogP contribution in [0.5, 0.6) is 0 Å². The van der Waals surface area contributed by atoms with Crippen LogP contribution in [0.4, 0.5) is 0 Å². The molecule has 0 aliphatic heterocycles. The highest BCUT2D eigenvalue weighted by Gasteiger charge is 2.22. The average Bonchev–Trinajstić information content (AvgIpc) is 3.46. The Morgan fingerprint density at radius 1 is 0.236 bits per heavy atom. The van der Waals surface area contributed by atoms with E-state index in [9.17, 15) is 0 Å². The molecule has 8 aromatic carbocycles. The van der Waals surface area contributed by atoms with Gasteiger partial charge in [-0.1, -0.05) is 140 Å². The molecule has 0 atom stereocenters. The third-order valence-corrected chi connectivity index (χ3v) is 13.4. The van der Waals surface area contributed by atoms with Crippen molar-refractivity contribution in [2.24, 2.45) is 0 Å². The fourth-order valence-corrected chi connectivity index (χ4v) is 9.89. The smallest absolute Gasteiger partial charge is 0.182 e. The van der Waals surface area contributed by atoms with E-state index in [0.29, 0.717) is 40.6 Å². The molecule has 0 spiro atoms. The van der Waals surface area contributed by atoms with E-state index in [4.69, 9.17) is 44.9 Å². The number of para-hydroxylation sites is 2. The number of pyridine rings is 4. The molecule has 0 saturated heterocycles. The second kappa shape index (κ2) is 16.9. The lowest BCUT2D eigenvalue weighted by atomic mass is 9.89. The molecule has 14 rings (SSSR count). The maximum absolute atomic E-state index is 5.27. The molecule has 72 heavy (non-hydrogen) atoms. The first-order valence-corrected chi connectivity index (χ1v) is 23.6. The van der Waals surface area contributed by atoms with Gasteiger partial charge in [0.25, 0.3) is 0 Å². The summed E-state index contributed by atoms with van der Waals surface area (Å²) in [6.07, 6.45) is 7.28. The van der Waals surface area contributed by atoms with E-state index in [1.54, 1.807) is 18.6 Å². The predicted molar refractivity (Wildman–Crippen MR) is 287 cm³/mol. The molecule has 6 aromatic heterocycles. The monoisotopic (exact) mass is 920 g/mol. The molecule has 0 radical (unpaired) electrons. The van der Waals surface area contributed by atoms with Gasteiger partial charge in [-0.25, -0.2) is 29.9 Å². The van der Waals surface area contributed by atoms with Crippen molar-refractivity contribution in [3.05, 3.63) is 219 Å². The molecule has 0 aliphatic rings. The fourth-order valence-electron chi connectivity index (χ4n) is 9.89. The molecule has 14 aromatic rings. The summed E-state index contributed by atoms with van der Waals surface area (Å²) < 4.78 is 0. The van der Waals surface area contributed by atoms with E-state index < -0.39 is 0 Å². The average molecular weight is 921 g/mol. The Kier molecular flexibility index (Phi) is 9.59. The highest BCUT2D eigenvalue weighted by atomic mass is 15.1. The second-order valence-corrected chi connectivity index (χ2v) is 17.6. The molecule has 334 valence electrons. The van der Waals surface area contributed by atoms with Crippen molar-refractivity contribution < 1.29 is 0 Å². The molecule has 0 saturated carbocycles. The van der Waals surface area contributed by atoms with Crippen LogP contribution in [-0.4, -0.2) is 49.8 Å². The maximum atomic E-state index is 5.27. The van der Waals surface area contributed by atoms with Gasteiger partial charge in [0, 0.05) is 74.5 Å². The number of aromatic nitrogens is 10. The molecule has 6 heterocycles. The van der Waals surface area contributed by atoms with Gasteiger partial charge in [0.2, 0.25) is 0 Å². The topological polar surface area (TPSA) is 129 Å². The summed E-state index contributed by atoms with van der Waals surface area (Å²) in [5.74, 6) is 3.14. The lowest BCUT2D eigenvalue weighted by Crippen LogP contribution is -2.02. The van der Waals surface area contributed by atoms with Gasteiger partial charge in [0.05, 0.1) is 16.7 Å². The standard InChI is InChI=1S/C62H36N10/c1-2-10-37(11-3-1)44-27-32-52(66-36-44)62-71-59(70-61(72-62)50-17-7-13-42-15-9-35-65-56(42)50)48-31-26-40-23-28-45-47(30-25-39-24-29-46(48)54(40)53(39)45)58-67-57(43-21-19-38(20-22-43)51-18-4-5-33-63-51)68-60(69-58)49-16-6-12-41-14-8-34-64-55(41)49/h1-36H. The van der Waals surface area contributed by atoms with Crippen LogP contribution < -0.4 is 0 Å². The molecule has 0 aliphatic carbocycles. The summed E-state index contributed by atoms with van der Waals surface area (Å²) in [6.45, 7) is 0. The van der Waals surface area contributed by atoms with Crippen LogP contribution in [0, 0.1) is 0 Å². The Balaban J connectivity index is 0.952. The number of hydrogen-bond acceptors (Lipinski definition) is 10. The third kappa shape index (κ3) is 7.04. The van der Waals surface area contributed by atoms with E-state index in [2.05, 4.69) is 108 Å². The summed E-state index contributed by atoms with van der Waals surface area (Å²) in [5, 5.41) is 8.35.